The van der Waals surface area contributed by atoms with Crippen molar-refractivity contribution in [3.8, 4) is 0 Å². The summed E-state index contributed by atoms with van der Waals surface area (Å²) in [6.07, 6.45) is 104. The summed E-state index contributed by atoms with van der Waals surface area (Å²) in [4.78, 5) is 38.3. The standard InChI is InChI=1S/C77H118O6/c1-4-7-10-13-16-19-22-25-28-30-31-32-33-34-35-36-37-38-39-40-41-42-43-44-45-47-49-52-55-58-61-64-67-70-76(79)82-73-74(72-81-75(78)69-66-63-60-57-54-51-48-27-24-21-18-15-12-9-6-3)83-77(80)71-68-65-62-59-56-53-50-46-29-26-23-20-17-14-11-8-5-2/h7-12,16-21,25-29,31-32,34-35,37-38,40-41,43-44,48,50,53-54,57,74H,4-6,13-15,22-24,30,33,36,39,42,45-47,49,51-52,55-56,58-73H2,1-3H3/b10-7-,11-8-,12-9-,19-16-,20-17-,21-18-,28-25-,29-26-,32-31-,35-34-,38-37-,41-40-,44-43-,48-27-,53-50-,57-54-. The maximum atomic E-state index is 12.9. The summed E-state index contributed by atoms with van der Waals surface area (Å²) in [7, 11) is 0. The van der Waals surface area contributed by atoms with E-state index in [1.54, 1.807) is 0 Å². The molecule has 0 saturated carbocycles. The SMILES string of the molecule is CC/C=C\C/C=C\C/C=C\C/C=C\C/C=C\C/C=C\C/C=C\C/C=C\CCCCCCCCCCC(=O)OCC(COC(=O)CCCC/C=C\C/C=C\C/C=C\C/C=C\CC)OC(=O)CCCCCC/C=C\C/C=C\C/C=C\C/C=C\CC. The van der Waals surface area contributed by atoms with Gasteiger partial charge in [0.25, 0.3) is 0 Å². The van der Waals surface area contributed by atoms with Gasteiger partial charge in [-0.25, -0.2) is 0 Å². The van der Waals surface area contributed by atoms with Crippen molar-refractivity contribution >= 4 is 17.9 Å². The van der Waals surface area contributed by atoms with E-state index in [-0.39, 0.29) is 44.0 Å². The Hall–Kier alpha value is -5.75. The minimum absolute atomic E-state index is 0.116. The largest absolute Gasteiger partial charge is 0.462 e. The van der Waals surface area contributed by atoms with Gasteiger partial charge in [0.05, 0.1) is 0 Å². The Morgan fingerprint density at radius 3 is 0.699 bits per heavy atom. The highest BCUT2D eigenvalue weighted by Gasteiger charge is 2.19. The summed E-state index contributed by atoms with van der Waals surface area (Å²) in [6, 6.07) is 0. The maximum Gasteiger partial charge on any atom is 0.306 e. The third-order valence-corrected chi connectivity index (χ3v) is 13.1. The Labute approximate surface area is 509 Å². The molecule has 462 valence electrons. The van der Waals surface area contributed by atoms with E-state index in [1.807, 2.05) is 0 Å². The van der Waals surface area contributed by atoms with Crippen molar-refractivity contribution in [1.29, 1.82) is 0 Å². The Kier molecular flexibility index (Phi) is 64.0. The zero-order chi connectivity index (χ0) is 59.9. The lowest BCUT2D eigenvalue weighted by Crippen LogP contribution is -2.30. The minimum atomic E-state index is -0.824. The molecular weight excluding hydrogens is 1020 g/mol. The average Bonchev–Trinajstić information content (AvgIpc) is 3.49. The molecule has 0 aromatic carbocycles. The van der Waals surface area contributed by atoms with E-state index in [2.05, 4.69) is 215 Å². The van der Waals surface area contributed by atoms with Crippen molar-refractivity contribution < 1.29 is 28.6 Å². The molecule has 0 saturated heterocycles. The van der Waals surface area contributed by atoms with Crippen LogP contribution >= 0.6 is 0 Å². The van der Waals surface area contributed by atoms with Gasteiger partial charge in [-0.05, 0) is 161 Å². The van der Waals surface area contributed by atoms with Crippen LogP contribution in [0.5, 0.6) is 0 Å². The third-order valence-electron chi connectivity index (χ3n) is 13.1. The average molecular weight is 1140 g/mol. The van der Waals surface area contributed by atoms with Gasteiger partial charge in [-0.2, -0.15) is 0 Å². The van der Waals surface area contributed by atoms with Crippen LogP contribution in [0.3, 0.4) is 0 Å². The monoisotopic (exact) mass is 1140 g/mol. The van der Waals surface area contributed by atoms with E-state index >= 15 is 0 Å². The summed E-state index contributed by atoms with van der Waals surface area (Å²) < 4.78 is 16.9. The lowest BCUT2D eigenvalue weighted by Gasteiger charge is -2.18. The lowest BCUT2D eigenvalue weighted by molar-refractivity contribution is -0.167. The molecule has 1 unspecified atom stereocenters. The maximum absolute atomic E-state index is 12.9. The van der Waals surface area contributed by atoms with E-state index < -0.39 is 6.10 Å². The van der Waals surface area contributed by atoms with Gasteiger partial charge in [-0.3, -0.25) is 14.4 Å². The van der Waals surface area contributed by atoms with Crippen LogP contribution in [-0.2, 0) is 28.6 Å². The molecule has 83 heavy (non-hydrogen) atoms. The molecule has 0 aromatic rings. The highest BCUT2D eigenvalue weighted by molar-refractivity contribution is 5.71. The molecule has 6 heteroatoms. The fourth-order valence-corrected chi connectivity index (χ4v) is 8.26. The molecule has 0 aliphatic rings. The van der Waals surface area contributed by atoms with Gasteiger partial charge in [0.15, 0.2) is 6.10 Å². The van der Waals surface area contributed by atoms with Crippen LogP contribution in [0.1, 0.15) is 252 Å². The topological polar surface area (TPSA) is 78.9 Å². The molecule has 0 spiro atoms. The first-order chi connectivity index (χ1) is 41.0. The molecule has 0 heterocycles. The van der Waals surface area contributed by atoms with E-state index in [9.17, 15) is 14.4 Å². The molecule has 0 N–H and O–H groups in total. The van der Waals surface area contributed by atoms with E-state index in [0.717, 1.165) is 173 Å². The van der Waals surface area contributed by atoms with Crippen molar-refractivity contribution in [1.82, 2.24) is 0 Å². The molecule has 6 nitrogen and oxygen atoms in total. The molecule has 0 aliphatic heterocycles. The van der Waals surface area contributed by atoms with Crippen LogP contribution in [0.15, 0.2) is 194 Å². The second kappa shape index (κ2) is 68.7. The van der Waals surface area contributed by atoms with Gasteiger partial charge in [0, 0.05) is 19.3 Å². The van der Waals surface area contributed by atoms with Crippen molar-refractivity contribution in [2.45, 2.75) is 258 Å². The van der Waals surface area contributed by atoms with Crippen LogP contribution in [0.2, 0.25) is 0 Å². The summed E-state index contributed by atoms with van der Waals surface area (Å²) >= 11 is 0. The number of ether oxygens (including phenoxy) is 3. The molecule has 0 rings (SSSR count). The van der Waals surface area contributed by atoms with E-state index in [4.69, 9.17) is 14.2 Å². The zero-order valence-electron chi connectivity index (χ0n) is 52.9. The van der Waals surface area contributed by atoms with Crippen LogP contribution in [0.25, 0.3) is 0 Å². The third kappa shape index (κ3) is 66.9. The molecule has 0 bridgehead atoms. The summed E-state index contributed by atoms with van der Waals surface area (Å²) in [6.45, 7) is 6.22. The number of allylic oxidation sites excluding steroid dienone is 32. The van der Waals surface area contributed by atoms with Gasteiger partial charge in [0.1, 0.15) is 13.2 Å². The first kappa shape index (κ1) is 77.2. The Morgan fingerprint density at radius 2 is 0.434 bits per heavy atom. The summed E-state index contributed by atoms with van der Waals surface area (Å²) in [5.74, 6) is -0.998. The number of carbonyl (C=O) groups is 3. The predicted molar refractivity (Wildman–Crippen MR) is 361 cm³/mol. The normalized spacial score (nSPS) is 13.4. The van der Waals surface area contributed by atoms with Crippen LogP contribution < -0.4 is 0 Å². The van der Waals surface area contributed by atoms with Gasteiger partial charge < -0.3 is 14.2 Å². The number of hydrogen-bond acceptors (Lipinski definition) is 6. The van der Waals surface area contributed by atoms with E-state index in [0.29, 0.717) is 12.8 Å². The fourth-order valence-electron chi connectivity index (χ4n) is 8.26. The fraction of sp³-hybridized carbons (Fsp3) is 0.545. The lowest BCUT2D eigenvalue weighted by atomic mass is 10.1. The van der Waals surface area contributed by atoms with Gasteiger partial charge in [-0.1, -0.05) is 267 Å². The first-order valence-electron chi connectivity index (χ1n) is 32.9. The number of hydrogen-bond donors (Lipinski definition) is 0. The smallest absolute Gasteiger partial charge is 0.306 e. The molecule has 0 radical (unpaired) electrons. The highest BCUT2D eigenvalue weighted by atomic mass is 16.6. The minimum Gasteiger partial charge on any atom is -0.462 e. The van der Waals surface area contributed by atoms with Gasteiger partial charge >= 0.3 is 17.9 Å². The first-order valence-corrected chi connectivity index (χ1v) is 32.9. The molecular formula is C77H118O6. The molecule has 0 amide bonds. The van der Waals surface area contributed by atoms with Gasteiger partial charge in [-0.15, -0.1) is 0 Å². The van der Waals surface area contributed by atoms with Crippen LogP contribution in [0, 0.1) is 0 Å². The molecule has 0 fully saturated rings. The number of rotatable bonds is 57. The highest BCUT2D eigenvalue weighted by Crippen LogP contribution is 2.14. The zero-order valence-corrected chi connectivity index (χ0v) is 52.9. The van der Waals surface area contributed by atoms with Crippen molar-refractivity contribution in [2.75, 3.05) is 13.2 Å². The Bertz CT molecular complexity index is 1990. The van der Waals surface area contributed by atoms with Crippen molar-refractivity contribution in [2.24, 2.45) is 0 Å². The van der Waals surface area contributed by atoms with Gasteiger partial charge in [0.2, 0.25) is 0 Å². The molecule has 1 atom stereocenters. The predicted octanol–water partition coefficient (Wildman–Crippen LogP) is 23.0. The number of unbranched alkanes of at least 4 members (excludes halogenated alkanes) is 14. The quantitative estimate of drug-likeness (QED) is 0.0261. The van der Waals surface area contributed by atoms with Crippen molar-refractivity contribution in [3.63, 3.8) is 0 Å². The van der Waals surface area contributed by atoms with Crippen LogP contribution in [0.4, 0.5) is 0 Å². The summed E-state index contributed by atoms with van der Waals surface area (Å²) in [5.41, 5.74) is 0. The van der Waals surface area contributed by atoms with Crippen LogP contribution in [-0.4, -0.2) is 37.2 Å². The Morgan fingerprint density at radius 1 is 0.241 bits per heavy atom. The molecule has 0 aliphatic carbocycles. The second-order valence-corrected chi connectivity index (χ2v) is 20.9. The number of esters is 3. The Balaban J connectivity index is 4.40. The summed E-state index contributed by atoms with van der Waals surface area (Å²) in [5, 5.41) is 0. The number of carbonyl (C=O) groups excluding carboxylic acids is 3. The van der Waals surface area contributed by atoms with Crippen molar-refractivity contribution in [3.05, 3.63) is 194 Å². The second-order valence-electron chi connectivity index (χ2n) is 20.9. The van der Waals surface area contributed by atoms with E-state index in [1.165, 1.54) is 32.1 Å². The molecule has 0 aromatic heterocycles.